The number of phenolic OH excluding ortho intramolecular Hbond substituents is 1. The summed E-state index contributed by atoms with van der Waals surface area (Å²) < 4.78 is 2.16. The molecule has 0 atom stereocenters. The first-order chi connectivity index (χ1) is 7.59. The SMILES string of the molecule is CC(C)SCc1cc2c(O)cccc2n1C. The van der Waals surface area contributed by atoms with Crippen LogP contribution in [0.4, 0.5) is 0 Å². The molecule has 2 rings (SSSR count). The van der Waals surface area contributed by atoms with Gasteiger partial charge in [-0.25, -0.2) is 0 Å². The molecule has 0 aliphatic rings. The zero-order chi connectivity index (χ0) is 11.7. The average molecular weight is 235 g/mol. The monoisotopic (exact) mass is 235 g/mol. The predicted molar refractivity (Wildman–Crippen MR) is 71.0 cm³/mol. The minimum Gasteiger partial charge on any atom is -0.507 e. The molecule has 1 aromatic heterocycles. The summed E-state index contributed by atoms with van der Waals surface area (Å²) in [6, 6.07) is 7.75. The molecule has 0 aliphatic carbocycles. The van der Waals surface area contributed by atoms with Crippen molar-refractivity contribution in [2.75, 3.05) is 0 Å². The van der Waals surface area contributed by atoms with Gasteiger partial charge in [0.25, 0.3) is 0 Å². The molecule has 0 unspecified atom stereocenters. The number of fused-ring (bicyclic) bond motifs is 1. The van der Waals surface area contributed by atoms with Crippen molar-refractivity contribution >= 4 is 22.7 Å². The van der Waals surface area contributed by atoms with Crippen molar-refractivity contribution in [1.29, 1.82) is 0 Å². The smallest absolute Gasteiger partial charge is 0.124 e. The van der Waals surface area contributed by atoms with Gasteiger partial charge < -0.3 is 9.67 Å². The molecule has 0 spiro atoms. The zero-order valence-electron chi connectivity index (χ0n) is 9.90. The van der Waals surface area contributed by atoms with Crippen LogP contribution >= 0.6 is 11.8 Å². The van der Waals surface area contributed by atoms with Crippen LogP contribution in [0, 0.1) is 0 Å². The van der Waals surface area contributed by atoms with Gasteiger partial charge in [0.1, 0.15) is 5.75 Å². The summed E-state index contributed by atoms with van der Waals surface area (Å²) in [5, 5.41) is 11.3. The molecule has 3 heteroatoms. The third kappa shape index (κ3) is 2.05. The number of thioether (sulfide) groups is 1. The first-order valence-electron chi connectivity index (χ1n) is 5.47. The van der Waals surface area contributed by atoms with Gasteiger partial charge in [-0.2, -0.15) is 11.8 Å². The van der Waals surface area contributed by atoms with Crippen molar-refractivity contribution in [3.63, 3.8) is 0 Å². The molecule has 0 saturated heterocycles. The molecule has 0 aliphatic heterocycles. The number of nitrogens with zero attached hydrogens (tertiary/aromatic N) is 1. The topological polar surface area (TPSA) is 25.2 Å². The second kappa shape index (κ2) is 4.42. The predicted octanol–water partition coefficient (Wildman–Crippen LogP) is 3.53. The first-order valence-corrected chi connectivity index (χ1v) is 6.52. The van der Waals surface area contributed by atoms with Crippen LogP contribution in [-0.4, -0.2) is 14.9 Å². The van der Waals surface area contributed by atoms with Gasteiger partial charge in [-0.3, -0.25) is 0 Å². The van der Waals surface area contributed by atoms with Gasteiger partial charge in [-0.1, -0.05) is 19.9 Å². The molecule has 0 saturated carbocycles. The van der Waals surface area contributed by atoms with Gasteiger partial charge in [0.2, 0.25) is 0 Å². The van der Waals surface area contributed by atoms with E-state index in [1.165, 1.54) is 5.69 Å². The molecule has 2 nitrogen and oxygen atoms in total. The van der Waals surface area contributed by atoms with E-state index in [0.717, 1.165) is 16.7 Å². The summed E-state index contributed by atoms with van der Waals surface area (Å²) in [5.41, 5.74) is 2.36. The minimum atomic E-state index is 0.369. The molecule has 16 heavy (non-hydrogen) atoms. The Balaban J connectivity index is 2.40. The Morgan fingerprint density at radius 1 is 1.38 bits per heavy atom. The largest absolute Gasteiger partial charge is 0.507 e. The Kier molecular flexibility index (Phi) is 3.15. The van der Waals surface area contributed by atoms with Gasteiger partial charge in [-0.05, 0) is 23.4 Å². The standard InChI is InChI=1S/C13H17NOS/c1-9(2)16-8-10-7-11-12(14(10)3)5-4-6-13(11)15/h4-7,9,15H,8H2,1-3H3. The third-order valence-electron chi connectivity index (χ3n) is 2.73. The van der Waals surface area contributed by atoms with E-state index in [9.17, 15) is 5.11 Å². The van der Waals surface area contributed by atoms with E-state index in [-0.39, 0.29) is 0 Å². The van der Waals surface area contributed by atoms with E-state index in [4.69, 9.17) is 0 Å². The van der Waals surface area contributed by atoms with Crippen molar-refractivity contribution in [2.24, 2.45) is 7.05 Å². The Labute approximate surface area is 100 Å². The summed E-state index contributed by atoms with van der Waals surface area (Å²) in [4.78, 5) is 0. The Hall–Kier alpha value is -1.09. The molecule has 1 heterocycles. The lowest BCUT2D eigenvalue weighted by Crippen LogP contribution is -1.96. The molecule has 0 bridgehead atoms. The summed E-state index contributed by atoms with van der Waals surface area (Å²) in [6.07, 6.45) is 0. The highest BCUT2D eigenvalue weighted by Gasteiger charge is 2.08. The van der Waals surface area contributed by atoms with Crippen LogP contribution < -0.4 is 0 Å². The van der Waals surface area contributed by atoms with Crippen LogP contribution in [0.3, 0.4) is 0 Å². The molecular formula is C13H17NOS. The van der Waals surface area contributed by atoms with Gasteiger partial charge in [-0.15, -0.1) is 0 Å². The molecule has 1 aromatic carbocycles. The number of benzene rings is 1. The summed E-state index contributed by atoms with van der Waals surface area (Å²) >= 11 is 1.92. The lowest BCUT2D eigenvalue weighted by Gasteiger charge is -2.06. The Bertz CT molecular complexity index is 502. The summed E-state index contributed by atoms with van der Waals surface area (Å²) in [7, 11) is 2.05. The molecule has 2 aromatic rings. The highest BCUT2D eigenvalue weighted by molar-refractivity contribution is 7.99. The van der Waals surface area contributed by atoms with Crippen LogP contribution in [0.2, 0.25) is 0 Å². The molecule has 1 N–H and O–H groups in total. The third-order valence-corrected chi connectivity index (χ3v) is 3.86. The number of aromatic hydroxyl groups is 1. The Morgan fingerprint density at radius 3 is 2.75 bits per heavy atom. The fourth-order valence-electron chi connectivity index (χ4n) is 1.79. The summed E-state index contributed by atoms with van der Waals surface area (Å²) in [6.45, 7) is 4.40. The minimum absolute atomic E-state index is 0.369. The maximum Gasteiger partial charge on any atom is 0.124 e. The van der Waals surface area contributed by atoms with Crippen LogP contribution in [-0.2, 0) is 12.8 Å². The van der Waals surface area contributed by atoms with E-state index in [1.807, 2.05) is 23.9 Å². The number of hydrogen-bond donors (Lipinski definition) is 1. The van der Waals surface area contributed by atoms with Crippen LogP contribution in [0.15, 0.2) is 24.3 Å². The van der Waals surface area contributed by atoms with Crippen molar-refractivity contribution in [3.05, 3.63) is 30.0 Å². The first kappa shape index (κ1) is 11.4. The van der Waals surface area contributed by atoms with Crippen LogP contribution in [0.5, 0.6) is 5.75 Å². The van der Waals surface area contributed by atoms with E-state index < -0.39 is 0 Å². The molecule has 86 valence electrons. The average Bonchev–Trinajstić information content (AvgIpc) is 2.55. The number of aromatic nitrogens is 1. The maximum atomic E-state index is 9.77. The lowest BCUT2D eigenvalue weighted by molar-refractivity contribution is 0.481. The lowest BCUT2D eigenvalue weighted by atomic mass is 10.2. The Morgan fingerprint density at radius 2 is 2.12 bits per heavy atom. The van der Waals surface area contributed by atoms with E-state index >= 15 is 0 Å². The summed E-state index contributed by atoms with van der Waals surface area (Å²) in [5.74, 6) is 1.36. The van der Waals surface area contributed by atoms with Gasteiger partial charge in [0.15, 0.2) is 0 Å². The van der Waals surface area contributed by atoms with Gasteiger partial charge in [0.05, 0.1) is 5.52 Å². The quantitative estimate of drug-likeness (QED) is 0.880. The second-order valence-corrected chi connectivity index (χ2v) is 5.83. The van der Waals surface area contributed by atoms with E-state index in [1.54, 1.807) is 6.07 Å². The normalized spacial score (nSPS) is 11.5. The fraction of sp³-hybridized carbons (Fsp3) is 0.385. The highest BCUT2D eigenvalue weighted by Crippen LogP contribution is 2.29. The molecular weight excluding hydrogens is 218 g/mol. The number of phenols is 1. The van der Waals surface area contributed by atoms with Crippen LogP contribution in [0.1, 0.15) is 19.5 Å². The number of rotatable bonds is 3. The highest BCUT2D eigenvalue weighted by atomic mass is 32.2. The molecule has 0 amide bonds. The van der Waals surface area contributed by atoms with Crippen molar-refractivity contribution in [3.8, 4) is 5.75 Å². The van der Waals surface area contributed by atoms with Crippen molar-refractivity contribution < 1.29 is 5.11 Å². The van der Waals surface area contributed by atoms with Crippen LogP contribution in [0.25, 0.3) is 10.9 Å². The second-order valence-electron chi connectivity index (χ2n) is 4.26. The molecule has 0 radical (unpaired) electrons. The van der Waals surface area contributed by atoms with Crippen molar-refractivity contribution in [1.82, 2.24) is 4.57 Å². The van der Waals surface area contributed by atoms with E-state index in [0.29, 0.717) is 11.0 Å². The van der Waals surface area contributed by atoms with Gasteiger partial charge >= 0.3 is 0 Å². The molecule has 0 fully saturated rings. The number of hydrogen-bond acceptors (Lipinski definition) is 2. The zero-order valence-corrected chi connectivity index (χ0v) is 10.7. The fourth-order valence-corrected chi connectivity index (χ4v) is 2.57. The maximum absolute atomic E-state index is 9.77. The number of aryl methyl sites for hydroxylation is 1. The van der Waals surface area contributed by atoms with E-state index in [2.05, 4.69) is 31.5 Å². The van der Waals surface area contributed by atoms with Crippen molar-refractivity contribution in [2.45, 2.75) is 24.9 Å². The van der Waals surface area contributed by atoms with Gasteiger partial charge in [0, 0.05) is 23.9 Å².